The minimum absolute atomic E-state index is 0.324. The molecule has 2 aromatic rings. The summed E-state index contributed by atoms with van der Waals surface area (Å²) in [6, 6.07) is 12.5. The van der Waals surface area contributed by atoms with Crippen LogP contribution in [0.2, 0.25) is 0 Å². The standard InChI is InChI=1S/C18H22N2O4/c1-4-24-14-7-5-13(6-8-14)12-19-18(21)20-16-11-15(22-2)9-10-17(16)23-3/h5-11H,4,12H2,1-3H3,(H2,19,20,21). The first-order valence-corrected chi connectivity index (χ1v) is 7.65. The van der Waals surface area contributed by atoms with Crippen molar-refractivity contribution in [1.82, 2.24) is 5.32 Å². The largest absolute Gasteiger partial charge is 0.497 e. The zero-order valence-corrected chi connectivity index (χ0v) is 14.1. The summed E-state index contributed by atoms with van der Waals surface area (Å²) in [7, 11) is 3.11. The lowest BCUT2D eigenvalue weighted by molar-refractivity contribution is 0.251. The summed E-state index contributed by atoms with van der Waals surface area (Å²) in [5, 5.41) is 5.56. The summed E-state index contributed by atoms with van der Waals surface area (Å²) >= 11 is 0. The Morgan fingerprint density at radius 3 is 2.33 bits per heavy atom. The first-order valence-electron chi connectivity index (χ1n) is 7.65. The average Bonchev–Trinajstić information content (AvgIpc) is 2.61. The molecule has 0 fully saturated rings. The van der Waals surface area contributed by atoms with Gasteiger partial charge in [-0.2, -0.15) is 0 Å². The number of methoxy groups -OCH3 is 2. The third kappa shape index (κ3) is 4.81. The molecule has 2 amide bonds. The lowest BCUT2D eigenvalue weighted by Crippen LogP contribution is -2.28. The Balaban J connectivity index is 1.93. The fourth-order valence-corrected chi connectivity index (χ4v) is 2.13. The van der Waals surface area contributed by atoms with E-state index in [0.717, 1.165) is 11.3 Å². The van der Waals surface area contributed by atoms with Crippen molar-refractivity contribution in [3.05, 3.63) is 48.0 Å². The first kappa shape index (κ1) is 17.5. The van der Waals surface area contributed by atoms with Crippen molar-refractivity contribution in [2.45, 2.75) is 13.5 Å². The molecule has 0 saturated heterocycles. The van der Waals surface area contributed by atoms with Crippen LogP contribution < -0.4 is 24.8 Å². The fourth-order valence-electron chi connectivity index (χ4n) is 2.13. The van der Waals surface area contributed by atoms with Gasteiger partial charge in [0.15, 0.2) is 0 Å². The van der Waals surface area contributed by atoms with Crippen LogP contribution in [0.4, 0.5) is 10.5 Å². The van der Waals surface area contributed by atoms with Crippen LogP contribution in [0.15, 0.2) is 42.5 Å². The number of urea groups is 1. The molecule has 0 aromatic heterocycles. The van der Waals surface area contributed by atoms with E-state index >= 15 is 0 Å². The molecule has 0 unspecified atom stereocenters. The van der Waals surface area contributed by atoms with Gasteiger partial charge in [0.25, 0.3) is 0 Å². The summed E-state index contributed by atoms with van der Waals surface area (Å²) in [5.41, 5.74) is 1.52. The molecule has 0 heterocycles. The Hall–Kier alpha value is -2.89. The van der Waals surface area contributed by atoms with E-state index in [2.05, 4.69) is 10.6 Å². The summed E-state index contributed by atoms with van der Waals surface area (Å²) < 4.78 is 15.8. The topological polar surface area (TPSA) is 68.8 Å². The van der Waals surface area contributed by atoms with E-state index < -0.39 is 0 Å². The Morgan fingerprint density at radius 1 is 1.00 bits per heavy atom. The van der Waals surface area contributed by atoms with Crippen molar-refractivity contribution in [3.63, 3.8) is 0 Å². The van der Waals surface area contributed by atoms with Gasteiger partial charge >= 0.3 is 6.03 Å². The van der Waals surface area contributed by atoms with Crippen molar-refractivity contribution in [2.24, 2.45) is 0 Å². The predicted molar refractivity (Wildman–Crippen MR) is 93.0 cm³/mol. The van der Waals surface area contributed by atoms with Gasteiger partial charge in [0.1, 0.15) is 17.2 Å². The highest BCUT2D eigenvalue weighted by Crippen LogP contribution is 2.28. The first-order chi connectivity index (χ1) is 11.7. The van der Waals surface area contributed by atoms with Crippen LogP contribution >= 0.6 is 0 Å². The molecule has 0 radical (unpaired) electrons. The number of hydrogen-bond acceptors (Lipinski definition) is 4. The number of nitrogens with one attached hydrogen (secondary N) is 2. The highest BCUT2D eigenvalue weighted by atomic mass is 16.5. The zero-order valence-electron chi connectivity index (χ0n) is 14.1. The number of benzene rings is 2. The van der Waals surface area contributed by atoms with Crippen LogP contribution in [0.5, 0.6) is 17.2 Å². The minimum atomic E-state index is -0.324. The van der Waals surface area contributed by atoms with Gasteiger partial charge in [-0.15, -0.1) is 0 Å². The average molecular weight is 330 g/mol. The molecule has 2 rings (SSSR count). The maximum absolute atomic E-state index is 12.1. The molecule has 6 nitrogen and oxygen atoms in total. The second kappa shape index (κ2) is 8.67. The monoisotopic (exact) mass is 330 g/mol. The molecule has 0 saturated carbocycles. The van der Waals surface area contributed by atoms with Gasteiger partial charge in [-0.25, -0.2) is 4.79 Å². The zero-order chi connectivity index (χ0) is 17.4. The van der Waals surface area contributed by atoms with E-state index in [1.54, 1.807) is 32.4 Å². The van der Waals surface area contributed by atoms with E-state index in [1.165, 1.54) is 0 Å². The molecule has 2 N–H and O–H groups in total. The van der Waals surface area contributed by atoms with Crippen LogP contribution in [-0.2, 0) is 6.54 Å². The van der Waals surface area contributed by atoms with Gasteiger partial charge in [0.2, 0.25) is 0 Å². The maximum atomic E-state index is 12.1. The smallest absolute Gasteiger partial charge is 0.319 e. The summed E-state index contributed by atoms with van der Waals surface area (Å²) in [6.45, 7) is 2.97. The van der Waals surface area contributed by atoms with Crippen LogP contribution in [-0.4, -0.2) is 26.9 Å². The molecular formula is C18H22N2O4. The number of rotatable bonds is 7. The molecule has 0 aliphatic heterocycles. The molecule has 0 bridgehead atoms. The molecule has 2 aromatic carbocycles. The Bertz CT molecular complexity index is 671. The Morgan fingerprint density at radius 2 is 1.71 bits per heavy atom. The maximum Gasteiger partial charge on any atom is 0.319 e. The highest BCUT2D eigenvalue weighted by Gasteiger charge is 2.09. The van der Waals surface area contributed by atoms with E-state index in [0.29, 0.717) is 30.3 Å². The number of amides is 2. The summed E-state index contributed by atoms with van der Waals surface area (Å²) in [5.74, 6) is 2.01. The molecule has 0 aliphatic carbocycles. The van der Waals surface area contributed by atoms with E-state index in [9.17, 15) is 4.79 Å². The number of anilines is 1. The Kier molecular flexibility index (Phi) is 6.31. The van der Waals surface area contributed by atoms with Crippen molar-refractivity contribution >= 4 is 11.7 Å². The van der Waals surface area contributed by atoms with Gasteiger partial charge < -0.3 is 24.8 Å². The Labute approximate surface area is 141 Å². The van der Waals surface area contributed by atoms with Crippen molar-refractivity contribution < 1.29 is 19.0 Å². The van der Waals surface area contributed by atoms with Crippen LogP contribution in [0.3, 0.4) is 0 Å². The number of carbonyl (C=O) groups excluding carboxylic acids is 1. The SMILES string of the molecule is CCOc1ccc(CNC(=O)Nc2cc(OC)ccc2OC)cc1. The lowest BCUT2D eigenvalue weighted by atomic mass is 10.2. The molecule has 0 aliphatic rings. The van der Waals surface area contributed by atoms with Gasteiger partial charge in [-0.1, -0.05) is 12.1 Å². The lowest BCUT2D eigenvalue weighted by Gasteiger charge is -2.12. The van der Waals surface area contributed by atoms with Crippen molar-refractivity contribution in [1.29, 1.82) is 0 Å². The second-order valence-corrected chi connectivity index (χ2v) is 4.95. The van der Waals surface area contributed by atoms with E-state index in [1.807, 2.05) is 31.2 Å². The number of hydrogen-bond donors (Lipinski definition) is 2. The molecule has 0 spiro atoms. The second-order valence-electron chi connectivity index (χ2n) is 4.95. The molecule has 128 valence electrons. The number of ether oxygens (including phenoxy) is 3. The van der Waals surface area contributed by atoms with Crippen molar-refractivity contribution in [2.75, 3.05) is 26.1 Å². The van der Waals surface area contributed by atoms with Gasteiger partial charge in [0, 0.05) is 12.6 Å². The van der Waals surface area contributed by atoms with Gasteiger partial charge in [-0.3, -0.25) is 0 Å². The summed E-state index contributed by atoms with van der Waals surface area (Å²) in [4.78, 5) is 12.1. The molecule has 6 heteroatoms. The van der Waals surface area contributed by atoms with Gasteiger partial charge in [0.05, 0.1) is 26.5 Å². The highest BCUT2D eigenvalue weighted by molar-refractivity contribution is 5.91. The third-order valence-electron chi connectivity index (χ3n) is 3.34. The fraction of sp³-hybridized carbons (Fsp3) is 0.278. The summed E-state index contributed by atoms with van der Waals surface area (Å²) in [6.07, 6.45) is 0. The third-order valence-corrected chi connectivity index (χ3v) is 3.34. The molecule has 24 heavy (non-hydrogen) atoms. The van der Waals surface area contributed by atoms with Gasteiger partial charge in [-0.05, 0) is 36.8 Å². The molecular weight excluding hydrogens is 308 g/mol. The van der Waals surface area contributed by atoms with Crippen LogP contribution in [0.25, 0.3) is 0 Å². The van der Waals surface area contributed by atoms with Crippen molar-refractivity contribution in [3.8, 4) is 17.2 Å². The predicted octanol–water partition coefficient (Wildman–Crippen LogP) is 3.42. The van der Waals surface area contributed by atoms with Crippen LogP contribution in [0, 0.1) is 0 Å². The van der Waals surface area contributed by atoms with E-state index in [4.69, 9.17) is 14.2 Å². The van der Waals surface area contributed by atoms with E-state index in [-0.39, 0.29) is 6.03 Å². The number of carbonyl (C=O) groups is 1. The minimum Gasteiger partial charge on any atom is -0.497 e. The normalized spacial score (nSPS) is 9.96. The quantitative estimate of drug-likeness (QED) is 0.816. The van der Waals surface area contributed by atoms with Crippen LogP contribution in [0.1, 0.15) is 12.5 Å². The molecule has 0 atom stereocenters.